The molecule has 8 nitrogen and oxygen atoms in total. The minimum atomic E-state index is -1.98. The molecule has 0 spiro atoms. The summed E-state index contributed by atoms with van der Waals surface area (Å²) in [7, 11) is 0. The molecule has 1 heterocycles. The van der Waals surface area contributed by atoms with Gasteiger partial charge in [-0.25, -0.2) is 0 Å². The van der Waals surface area contributed by atoms with Crippen LogP contribution in [0.15, 0.2) is 11.6 Å². The van der Waals surface area contributed by atoms with E-state index in [4.69, 9.17) is 9.47 Å². The molecule has 3 rings (SSSR count). The van der Waals surface area contributed by atoms with Crippen molar-refractivity contribution >= 4 is 11.9 Å². The van der Waals surface area contributed by atoms with Gasteiger partial charge in [-0.05, 0) is 52.5 Å². The van der Waals surface area contributed by atoms with Crippen molar-refractivity contribution in [3.63, 3.8) is 0 Å². The van der Waals surface area contributed by atoms with Gasteiger partial charge in [0.25, 0.3) is 0 Å². The molecule has 170 valence electrons. The first-order chi connectivity index (χ1) is 13.8. The van der Waals surface area contributed by atoms with E-state index in [9.17, 15) is 30.0 Å². The summed E-state index contributed by atoms with van der Waals surface area (Å²) in [4.78, 5) is 24.6. The molecule has 1 saturated heterocycles. The van der Waals surface area contributed by atoms with Crippen molar-refractivity contribution in [1.29, 1.82) is 0 Å². The molecule has 0 radical (unpaired) electrons. The van der Waals surface area contributed by atoms with E-state index in [1.54, 1.807) is 26.8 Å². The Morgan fingerprint density at radius 2 is 1.80 bits per heavy atom. The normalized spacial score (nSPS) is 51.1. The lowest BCUT2D eigenvalue weighted by Gasteiger charge is -2.58. The van der Waals surface area contributed by atoms with Crippen LogP contribution in [0.5, 0.6) is 0 Å². The molecule has 0 amide bonds. The lowest BCUT2D eigenvalue weighted by atomic mass is 9.52. The largest absolute Gasteiger partial charge is 0.459 e. The predicted octanol–water partition coefficient (Wildman–Crippen LogP) is 0.840. The molecule has 0 unspecified atom stereocenters. The summed E-state index contributed by atoms with van der Waals surface area (Å²) in [6, 6.07) is 0. The monoisotopic (exact) mass is 426 g/mol. The second kappa shape index (κ2) is 7.58. The molecule has 0 bridgehead atoms. The molecular formula is C22H34O8. The summed E-state index contributed by atoms with van der Waals surface area (Å²) < 4.78 is 11.1. The number of carbonyl (C=O) groups is 2. The molecule has 2 aliphatic carbocycles. The van der Waals surface area contributed by atoms with Crippen LogP contribution in [0, 0.1) is 17.3 Å². The smallest absolute Gasteiger partial charge is 0.312 e. The van der Waals surface area contributed by atoms with Crippen molar-refractivity contribution < 1.29 is 39.5 Å². The van der Waals surface area contributed by atoms with E-state index in [-0.39, 0.29) is 12.8 Å². The summed E-state index contributed by atoms with van der Waals surface area (Å²) in [6.07, 6.45) is -1.73. The third kappa shape index (κ3) is 3.38. The zero-order chi connectivity index (χ0) is 22.6. The van der Waals surface area contributed by atoms with Crippen LogP contribution in [0.1, 0.15) is 60.3 Å². The van der Waals surface area contributed by atoms with Crippen LogP contribution in [0.3, 0.4) is 0 Å². The van der Waals surface area contributed by atoms with Gasteiger partial charge in [0.2, 0.25) is 0 Å². The fraction of sp³-hybridized carbons (Fsp3) is 0.818. The Hall–Kier alpha value is -1.48. The average molecular weight is 427 g/mol. The maximum atomic E-state index is 12.5. The van der Waals surface area contributed by atoms with Gasteiger partial charge in [-0.3, -0.25) is 9.59 Å². The van der Waals surface area contributed by atoms with Gasteiger partial charge in [0.05, 0.1) is 23.7 Å². The van der Waals surface area contributed by atoms with E-state index >= 15 is 0 Å². The van der Waals surface area contributed by atoms with Gasteiger partial charge < -0.3 is 29.9 Å². The Labute approximate surface area is 176 Å². The van der Waals surface area contributed by atoms with Crippen LogP contribution in [0.4, 0.5) is 0 Å². The second-order valence-corrected chi connectivity index (χ2v) is 9.82. The zero-order valence-electron chi connectivity index (χ0n) is 18.3. The molecule has 1 saturated carbocycles. The van der Waals surface area contributed by atoms with Gasteiger partial charge in [-0.15, -0.1) is 0 Å². The Kier molecular flexibility index (Phi) is 5.86. The third-order valence-electron chi connectivity index (χ3n) is 7.75. The molecule has 2 fully saturated rings. The molecule has 8 heteroatoms. The minimum absolute atomic E-state index is 0.178. The first kappa shape index (κ1) is 23.2. The number of rotatable bonds is 1. The molecule has 9 atom stereocenters. The molecule has 3 aliphatic rings. The zero-order valence-corrected chi connectivity index (χ0v) is 18.3. The highest BCUT2D eigenvalue weighted by Crippen LogP contribution is 2.56. The Morgan fingerprint density at radius 3 is 2.40 bits per heavy atom. The topological polar surface area (TPSA) is 134 Å². The van der Waals surface area contributed by atoms with Crippen LogP contribution in [0.2, 0.25) is 0 Å². The molecule has 0 aromatic carbocycles. The molecular weight excluding hydrogens is 392 g/mol. The summed E-state index contributed by atoms with van der Waals surface area (Å²) in [6.45, 7) is 7.69. The second-order valence-electron chi connectivity index (χ2n) is 9.82. The van der Waals surface area contributed by atoms with Crippen LogP contribution in [0.25, 0.3) is 0 Å². The van der Waals surface area contributed by atoms with Gasteiger partial charge in [0.15, 0.2) is 11.7 Å². The van der Waals surface area contributed by atoms with Crippen molar-refractivity contribution in [3.05, 3.63) is 11.6 Å². The first-order valence-corrected chi connectivity index (χ1v) is 10.6. The van der Waals surface area contributed by atoms with Gasteiger partial charge in [0, 0.05) is 18.3 Å². The predicted molar refractivity (Wildman–Crippen MR) is 106 cm³/mol. The number of aliphatic hydroxyl groups is 4. The summed E-state index contributed by atoms with van der Waals surface area (Å²) in [5.74, 6) is -3.44. The number of fused-ring (bicyclic) bond motifs is 2. The van der Waals surface area contributed by atoms with E-state index in [1.807, 2.05) is 0 Å². The number of ether oxygens (including phenoxy) is 2. The highest BCUT2D eigenvalue weighted by molar-refractivity contribution is 5.77. The average Bonchev–Trinajstić information content (AvgIpc) is 2.85. The Bertz CT molecular complexity index is 745. The number of esters is 2. The van der Waals surface area contributed by atoms with E-state index < -0.39 is 64.8 Å². The molecule has 4 N–H and O–H groups in total. The SMILES string of the molecule is CC(=O)O[C@H]1[C@H]2[C@@](C)([C@H](O)CC[C@@]2(C)O)[C@@H](O)CC/C(C)=C\[C@H]2OC(=O)[C@@H](C)[C@@]21O. The van der Waals surface area contributed by atoms with Crippen LogP contribution < -0.4 is 0 Å². The molecule has 1 aliphatic heterocycles. The maximum Gasteiger partial charge on any atom is 0.312 e. The fourth-order valence-corrected chi connectivity index (χ4v) is 5.81. The number of hydrogen-bond acceptors (Lipinski definition) is 8. The summed E-state index contributed by atoms with van der Waals surface area (Å²) in [5.41, 5.74) is -3.97. The van der Waals surface area contributed by atoms with Crippen molar-refractivity contribution in [2.24, 2.45) is 17.3 Å². The molecule has 30 heavy (non-hydrogen) atoms. The Balaban J connectivity index is 2.30. The van der Waals surface area contributed by atoms with Crippen molar-refractivity contribution in [3.8, 4) is 0 Å². The van der Waals surface area contributed by atoms with Crippen molar-refractivity contribution in [2.45, 2.75) is 95.9 Å². The van der Waals surface area contributed by atoms with Crippen LogP contribution >= 0.6 is 0 Å². The van der Waals surface area contributed by atoms with Crippen molar-refractivity contribution in [1.82, 2.24) is 0 Å². The van der Waals surface area contributed by atoms with Gasteiger partial charge in [0.1, 0.15) is 6.10 Å². The molecule has 0 aromatic rings. The van der Waals surface area contributed by atoms with E-state index in [0.29, 0.717) is 12.8 Å². The van der Waals surface area contributed by atoms with Gasteiger partial charge in [-0.2, -0.15) is 0 Å². The first-order valence-electron chi connectivity index (χ1n) is 10.6. The summed E-state index contributed by atoms with van der Waals surface area (Å²) in [5, 5.41) is 45.5. The number of carbonyl (C=O) groups excluding carboxylic acids is 2. The number of allylic oxidation sites excluding steroid dienone is 1. The van der Waals surface area contributed by atoms with Gasteiger partial charge in [-0.1, -0.05) is 12.5 Å². The van der Waals surface area contributed by atoms with Crippen LogP contribution in [-0.4, -0.2) is 68.0 Å². The fourth-order valence-electron chi connectivity index (χ4n) is 5.81. The third-order valence-corrected chi connectivity index (χ3v) is 7.75. The number of hydrogen-bond donors (Lipinski definition) is 4. The number of aliphatic hydroxyl groups excluding tert-OH is 2. The summed E-state index contributed by atoms with van der Waals surface area (Å²) >= 11 is 0. The highest BCUT2D eigenvalue weighted by Gasteiger charge is 2.69. The maximum absolute atomic E-state index is 12.5. The lowest BCUT2D eigenvalue weighted by Crippen LogP contribution is -2.70. The highest BCUT2D eigenvalue weighted by atomic mass is 16.6. The van der Waals surface area contributed by atoms with E-state index in [0.717, 1.165) is 5.57 Å². The van der Waals surface area contributed by atoms with Crippen molar-refractivity contribution in [2.75, 3.05) is 0 Å². The minimum Gasteiger partial charge on any atom is -0.459 e. The van der Waals surface area contributed by atoms with E-state index in [2.05, 4.69) is 0 Å². The quantitative estimate of drug-likeness (QED) is 0.358. The van der Waals surface area contributed by atoms with Gasteiger partial charge >= 0.3 is 11.9 Å². The Morgan fingerprint density at radius 1 is 1.20 bits per heavy atom. The van der Waals surface area contributed by atoms with Crippen LogP contribution in [-0.2, 0) is 19.1 Å². The molecule has 0 aromatic heterocycles. The lowest BCUT2D eigenvalue weighted by molar-refractivity contribution is -0.261. The standard InChI is InChI=1S/C22H34O8/c1-11-6-7-14(24)21(5)15(25)8-9-20(4,27)17(21)18(29-13(3)23)22(28)12(2)19(26)30-16(22)10-11/h10,12,14-18,24-25,27-28H,6-9H2,1-5H3/b11-10-/t12-,14+,15-,16-,17-,18+,20-,21-,22-/m1/s1. The van der Waals surface area contributed by atoms with E-state index in [1.165, 1.54) is 13.8 Å².